The van der Waals surface area contributed by atoms with E-state index in [1.54, 1.807) is 0 Å². The van der Waals surface area contributed by atoms with Crippen molar-refractivity contribution in [1.29, 1.82) is 5.26 Å². The molecule has 1 rings (SSSR count). The Bertz CT molecular complexity index is 157. The largest absolute Gasteiger partial charge is 0.198 e. The van der Waals surface area contributed by atoms with E-state index < -0.39 is 0 Å². The maximum atomic E-state index is 8.82. The molecule has 1 heteroatoms. The Kier molecular flexibility index (Phi) is 2.93. The van der Waals surface area contributed by atoms with Gasteiger partial charge in [-0.2, -0.15) is 5.26 Å². The fraction of sp³-hybridized carbons (Fsp3) is 0.900. The van der Waals surface area contributed by atoms with Gasteiger partial charge in [0.15, 0.2) is 0 Å². The van der Waals surface area contributed by atoms with Crippen molar-refractivity contribution >= 4 is 0 Å². The zero-order chi connectivity index (χ0) is 8.27. The molecule has 0 bridgehead atoms. The molecule has 3 atom stereocenters. The molecule has 1 aliphatic carbocycles. The Hall–Kier alpha value is -0.510. The molecule has 0 N–H and O–H groups in total. The second kappa shape index (κ2) is 3.76. The van der Waals surface area contributed by atoms with Crippen LogP contribution in [-0.4, -0.2) is 0 Å². The normalized spacial score (nSPS) is 39.2. The van der Waals surface area contributed by atoms with Crippen LogP contribution in [0.25, 0.3) is 0 Å². The van der Waals surface area contributed by atoms with Crippen LogP contribution in [0.1, 0.15) is 39.5 Å². The lowest BCUT2D eigenvalue weighted by Crippen LogP contribution is -2.08. The lowest BCUT2D eigenvalue weighted by atomic mass is 9.89. The van der Waals surface area contributed by atoms with Gasteiger partial charge in [0, 0.05) is 5.92 Å². The zero-order valence-electron chi connectivity index (χ0n) is 7.51. The molecular weight excluding hydrogens is 134 g/mol. The number of rotatable bonds is 0. The lowest BCUT2D eigenvalue weighted by Gasteiger charge is -2.14. The summed E-state index contributed by atoms with van der Waals surface area (Å²) in [6.07, 6.45) is 4.95. The molecule has 62 valence electrons. The van der Waals surface area contributed by atoms with Gasteiger partial charge in [-0.15, -0.1) is 0 Å². The number of hydrogen-bond donors (Lipinski definition) is 0. The van der Waals surface area contributed by atoms with E-state index in [2.05, 4.69) is 19.9 Å². The van der Waals surface area contributed by atoms with Crippen LogP contribution in [0.5, 0.6) is 0 Å². The molecule has 0 aromatic heterocycles. The topological polar surface area (TPSA) is 23.8 Å². The molecule has 1 saturated carbocycles. The lowest BCUT2D eigenvalue weighted by molar-refractivity contribution is 0.375. The van der Waals surface area contributed by atoms with E-state index in [1.165, 1.54) is 19.3 Å². The fourth-order valence-electron chi connectivity index (χ4n) is 2.08. The zero-order valence-corrected chi connectivity index (χ0v) is 7.51. The first-order valence-corrected chi connectivity index (χ1v) is 4.63. The maximum Gasteiger partial charge on any atom is 0.0658 e. The standard InChI is InChI=1S/C10H17N/c1-8-4-3-5-10(7-11)9(2)6-8/h8-10H,3-6H2,1-2H3. The van der Waals surface area contributed by atoms with Crippen molar-refractivity contribution in [3.63, 3.8) is 0 Å². The van der Waals surface area contributed by atoms with Crippen LogP contribution in [0.15, 0.2) is 0 Å². The predicted octanol–water partition coefficient (Wildman–Crippen LogP) is 2.97. The van der Waals surface area contributed by atoms with Crippen LogP contribution in [0, 0.1) is 29.1 Å². The van der Waals surface area contributed by atoms with Gasteiger partial charge in [0.05, 0.1) is 6.07 Å². The quantitative estimate of drug-likeness (QED) is 0.488. The summed E-state index contributed by atoms with van der Waals surface area (Å²) >= 11 is 0. The van der Waals surface area contributed by atoms with Crippen LogP contribution in [0.2, 0.25) is 0 Å². The molecule has 0 spiro atoms. The summed E-state index contributed by atoms with van der Waals surface area (Å²) in [4.78, 5) is 0. The molecule has 0 aromatic carbocycles. The van der Waals surface area contributed by atoms with Crippen molar-refractivity contribution in [2.24, 2.45) is 17.8 Å². The van der Waals surface area contributed by atoms with E-state index in [9.17, 15) is 0 Å². The van der Waals surface area contributed by atoms with Crippen LogP contribution < -0.4 is 0 Å². The van der Waals surface area contributed by atoms with Gasteiger partial charge in [-0.1, -0.05) is 26.7 Å². The van der Waals surface area contributed by atoms with Crippen LogP contribution in [0.4, 0.5) is 0 Å². The SMILES string of the molecule is CC1CCCC(C#N)C(C)C1. The third-order valence-electron chi connectivity index (χ3n) is 2.84. The highest BCUT2D eigenvalue weighted by atomic mass is 14.3. The first-order valence-electron chi connectivity index (χ1n) is 4.63. The molecule has 0 heterocycles. The molecule has 0 saturated heterocycles. The van der Waals surface area contributed by atoms with Gasteiger partial charge < -0.3 is 0 Å². The molecule has 1 aliphatic rings. The second-order valence-corrected chi connectivity index (χ2v) is 3.98. The van der Waals surface area contributed by atoms with E-state index in [-0.39, 0.29) is 0 Å². The van der Waals surface area contributed by atoms with E-state index in [0.29, 0.717) is 11.8 Å². The van der Waals surface area contributed by atoms with E-state index >= 15 is 0 Å². The second-order valence-electron chi connectivity index (χ2n) is 3.98. The third kappa shape index (κ3) is 2.22. The van der Waals surface area contributed by atoms with Crippen molar-refractivity contribution in [3.05, 3.63) is 0 Å². The van der Waals surface area contributed by atoms with Gasteiger partial charge in [0.25, 0.3) is 0 Å². The minimum absolute atomic E-state index is 0.333. The summed E-state index contributed by atoms with van der Waals surface area (Å²) in [5.41, 5.74) is 0. The van der Waals surface area contributed by atoms with Crippen LogP contribution in [0.3, 0.4) is 0 Å². The minimum atomic E-state index is 0.333. The average Bonchev–Trinajstić information content (AvgIpc) is 2.11. The Morgan fingerprint density at radius 2 is 2.00 bits per heavy atom. The molecule has 1 fully saturated rings. The molecule has 3 unspecified atom stereocenters. The molecule has 0 aromatic rings. The van der Waals surface area contributed by atoms with Gasteiger partial charge >= 0.3 is 0 Å². The number of nitrogens with zero attached hydrogens (tertiary/aromatic N) is 1. The molecule has 11 heavy (non-hydrogen) atoms. The summed E-state index contributed by atoms with van der Waals surface area (Å²) < 4.78 is 0. The summed E-state index contributed by atoms with van der Waals surface area (Å²) in [5.74, 6) is 1.79. The molecule has 0 radical (unpaired) electrons. The molecule has 0 amide bonds. The summed E-state index contributed by atoms with van der Waals surface area (Å²) in [6, 6.07) is 2.41. The monoisotopic (exact) mass is 151 g/mol. The van der Waals surface area contributed by atoms with E-state index in [1.807, 2.05) is 0 Å². The average molecular weight is 151 g/mol. The first-order chi connectivity index (χ1) is 5.24. The highest BCUT2D eigenvalue weighted by molar-refractivity contribution is 4.88. The highest BCUT2D eigenvalue weighted by Gasteiger charge is 2.22. The first kappa shape index (κ1) is 8.59. The minimum Gasteiger partial charge on any atom is -0.198 e. The Balaban J connectivity index is 2.52. The fourth-order valence-corrected chi connectivity index (χ4v) is 2.08. The van der Waals surface area contributed by atoms with Gasteiger partial charge in [0.1, 0.15) is 0 Å². The smallest absolute Gasteiger partial charge is 0.0658 e. The maximum absolute atomic E-state index is 8.82. The number of hydrogen-bond acceptors (Lipinski definition) is 1. The van der Waals surface area contributed by atoms with Crippen LogP contribution >= 0.6 is 0 Å². The highest BCUT2D eigenvalue weighted by Crippen LogP contribution is 2.30. The van der Waals surface area contributed by atoms with Crippen molar-refractivity contribution in [1.82, 2.24) is 0 Å². The van der Waals surface area contributed by atoms with Gasteiger partial charge in [0.2, 0.25) is 0 Å². The summed E-state index contributed by atoms with van der Waals surface area (Å²) in [5, 5.41) is 8.82. The summed E-state index contributed by atoms with van der Waals surface area (Å²) in [7, 11) is 0. The Labute approximate surface area is 69.4 Å². The molecule has 1 nitrogen and oxygen atoms in total. The van der Waals surface area contributed by atoms with E-state index in [0.717, 1.165) is 12.3 Å². The van der Waals surface area contributed by atoms with Gasteiger partial charge in [-0.3, -0.25) is 0 Å². The van der Waals surface area contributed by atoms with Crippen molar-refractivity contribution < 1.29 is 0 Å². The van der Waals surface area contributed by atoms with Crippen molar-refractivity contribution in [2.75, 3.05) is 0 Å². The Morgan fingerprint density at radius 1 is 1.27 bits per heavy atom. The van der Waals surface area contributed by atoms with Gasteiger partial charge in [-0.05, 0) is 24.7 Å². The number of nitriles is 1. The third-order valence-corrected chi connectivity index (χ3v) is 2.84. The van der Waals surface area contributed by atoms with E-state index in [4.69, 9.17) is 5.26 Å². The summed E-state index contributed by atoms with van der Waals surface area (Å²) in [6.45, 7) is 4.52. The Morgan fingerprint density at radius 3 is 2.64 bits per heavy atom. The van der Waals surface area contributed by atoms with Crippen molar-refractivity contribution in [3.8, 4) is 6.07 Å². The van der Waals surface area contributed by atoms with Crippen LogP contribution in [-0.2, 0) is 0 Å². The molecular formula is C10H17N. The van der Waals surface area contributed by atoms with Gasteiger partial charge in [-0.25, -0.2) is 0 Å². The predicted molar refractivity (Wildman–Crippen MR) is 45.9 cm³/mol. The van der Waals surface area contributed by atoms with Crippen molar-refractivity contribution in [2.45, 2.75) is 39.5 Å². The molecule has 0 aliphatic heterocycles.